The van der Waals surface area contributed by atoms with Gasteiger partial charge in [0.2, 0.25) is 0 Å². The van der Waals surface area contributed by atoms with Crippen molar-refractivity contribution >= 4 is 34.3 Å². The van der Waals surface area contributed by atoms with Gasteiger partial charge in [-0.3, -0.25) is 9.79 Å². The maximum atomic E-state index is 13.0. The van der Waals surface area contributed by atoms with Crippen LogP contribution in [0.2, 0.25) is 0 Å². The summed E-state index contributed by atoms with van der Waals surface area (Å²) >= 11 is 0. The van der Waals surface area contributed by atoms with Gasteiger partial charge < -0.3 is 15.2 Å². The monoisotopic (exact) mass is 410 g/mol. The van der Waals surface area contributed by atoms with Crippen LogP contribution in [0.25, 0.3) is 10.8 Å². The molecular formula is C26H22N2O3. The Morgan fingerprint density at radius 1 is 1.00 bits per heavy atom. The van der Waals surface area contributed by atoms with Gasteiger partial charge in [-0.2, -0.15) is 0 Å². The Kier molecular flexibility index (Phi) is 5.67. The number of fused-ring (bicyclic) bond motifs is 1. The summed E-state index contributed by atoms with van der Waals surface area (Å²) in [6, 6.07) is 24.1. The van der Waals surface area contributed by atoms with Gasteiger partial charge in [0.05, 0.1) is 24.0 Å². The number of hydrogen-bond acceptors (Lipinski definition) is 4. The molecule has 0 saturated heterocycles. The van der Waals surface area contributed by atoms with E-state index in [9.17, 15) is 9.90 Å². The molecule has 0 fully saturated rings. The highest BCUT2D eigenvalue weighted by atomic mass is 16.5. The van der Waals surface area contributed by atoms with Crippen LogP contribution < -0.4 is 10.1 Å². The van der Waals surface area contributed by atoms with E-state index in [-0.39, 0.29) is 11.3 Å². The molecule has 4 aromatic carbocycles. The molecule has 5 nitrogen and oxygen atoms in total. The zero-order chi connectivity index (χ0) is 21.8. The quantitative estimate of drug-likeness (QED) is 0.405. The van der Waals surface area contributed by atoms with Crippen molar-refractivity contribution in [2.75, 3.05) is 12.4 Å². The summed E-state index contributed by atoms with van der Waals surface area (Å²) in [4.78, 5) is 17.5. The van der Waals surface area contributed by atoms with Crippen molar-refractivity contribution in [1.82, 2.24) is 0 Å². The molecule has 4 aromatic rings. The number of nitrogens with zero attached hydrogens (tertiary/aromatic N) is 1. The SMILES string of the molecule is COc1ccccc1NC(=O)c1cc2ccccc2c(/C=N/c2ccc(C)cc2)c1O. The molecule has 0 bridgehead atoms. The maximum absolute atomic E-state index is 13.0. The molecule has 0 radical (unpaired) electrons. The van der Waals surface area contributed by atoms with E-state index in [1.807, 2.05) is 61.5 Å². The molecule has 1 amide bonds. The standard InChI is InChI=1S/C26H22N2O3/c1-17-11-13-19(14-12-17)27-16-22-20-8-4-3-7-18(20)15-21(25(22)29)26(30)28-23-9-5-6-10-24(23)31-2/h3-16,29H,1-2H3,(H,28,30)/b27-16+. The molecule has 0 aromatic heterocycles. The van der Waals surface area contributed by atoms with E-state index in [0.717, 1.165) is 22.0 Å². The van der Waals surface area contributed by atoms with Gasteiger partial charge in [-0.15, -0.1) is 0 Å². The second-order valence-corrected chi connectivity index (χ2v) is 7.16. The van der Waals surface area contributed by atoms with Crippen LogP contribution in [-0.4, -0.2) is 24.3 Å². The number of carbonyl (C=O) groups is 1. The lowest BCUT2D eigenvalue weighted by molar-refractivity contribution is 0.102. The summed E-state index contributed by atoms with van der Waals surface area (Å²) in [6.45, 7) is 2.01. The normalized spacial score (nSPS) is 11.0. The molecule has 0 aliphatic heterocycles. The molecule has 0 saturated carbocycles. The number of hydrogen-bond donors (Lipinski definition) is 2. The average molecular weight is 410 g/mol. The van der Waals surface area contributed by atoms with Crippen LogP contribution in [0.4, 0.5) is 11.4 Å². The van der Waals surface area contributed by atoms with Crippen molar-refractivity contribution in [1.29, 1.82) is 0 Å². The number of aromatic hydroxyl groups is 1. The van der Waals surface area contributed by atoms with Crippen molar-refractivity contribution in [3.05, 3.63) is 95.6 Å². The van der Waals surface area contributed by atoms with Crippen molar-refractivity contribution in [2.24, 2.45) is 4.99 Å². The number of phenols is 1. The second kappa shape index (κ2) is 8.71. The number of aliphatic imine (C=N–C) groups is 1. The Bertz CT molecular complexity index is 1280. The van der Waals surface area contributed by atoms with Gasteiger partial charge in [0.15, 0.2) is 0 Å². The van der Waals surface area contributed by atoms with E-state index < -0.39 is 5.91 Å². The van der Waals surface area contributed by atoms with Crippen LogP contribution in [0.1, 0.15) is 21.5 Å². The van der Waals surface area contributed by atoms with Crippen molar-refractivity contribution in [3.8, 4) is 11.5 Å². The predicted molar refractivity (Wildman–Crippen MR) is 125 cm³/mol. The molecule has 0 spiro atoms. The van der Waals surface area contributed by atoms with Gasteiger partial charge in [0.1, 0.15) is 11.5 Å². The summed E-state index contributed by atoms with van der Waals surface area (Å²) < 4.78 is 5.30. The first-order valence-electron chi connectivity index (χ1n) is 9.86. The van der Waals surface area contributed by atoms with Crippen LogP contribution in [0.5, 0.6) is 11.5 Å². The number of nitrogens with one attached hydrogen (secondary N) is 1. The number of para-hydroxylation sites is 2. The topological polar surface area (TPSA) is 70.9 Å². The Morgan fingerprint density at radius 2 is 1.71 bits per heavy atom. The molecule has 4 rings (SSSR count). The maximum Gasteiger partial charge on any atom is 0.259 e. The van der Waals surface area contributed by atoms with Crippen LogP contribution in [0, 0.1) is 6.92 Å². The fourth-order valence-corrected chi connectivity index (χ4v) is 3.38. The van der Waals surface area contributed by atoms with E-state index in [1.165, 1.54) is 7.11 Å². The van der Waals surface area contributed by atoms with Crippen molar-refractivity contribution < 1.29 is 14.6 Å². The molecule has 0 unspecified atom stereocenters. The molecule has 31 heavy (non-hydrogen) atoms. The second-order valence-electron chi connectivity index (χ2n) is 7.16. The first kappa shape index (κ1) is 20.2. The Labute approximate surface area is 180 Å². The summed E-state index contributed by atoms with van der Waals surface area (Å²) in [5, 5.41) is 15.5. The summed E-state index contributed by atoms with van der Waals surface area (Å²) in [7, 11) is 1.54. The fourth-order valence-electron chi connectivity index (χ4n) is 3.38. The van der Waals surface area contributed by atoms with E-state index in [0.29, 0.717) is 17.0 Å². The average Bonchev–Trinajstić information content (AvgIpc) is 2.79. The zero-order valence-electron chi connectivity index (χ0n) is 17.3. The minimum atomic E-state index is -0.433. The van der Waals surface area contributed by atoms with Gasteiger partial charge in [-0.1, -0.05) is 54.1 Å². The number of anilines is 1. The molecule has 0 atom stereocenters. The van der Waals surface area contributed by atoms with Crippen LogP contribution in [0.15, 0.2) is 83.9 Å². The van der Waals surface area contributed by atoms with Crippen molar-refractivity contribution in [2.45, 2.75) is 6.92 Å². The van der Waals surface area contributed by atoms with Gasteiger partial charge in [-0.05, 0) is 48.0 Å². The Balaban J connectivity index is 1.77. The molecule has 2 N–H and O–H groups in total. The highest BCUT2D eigenvalue weighted by Gasteiger charge is 2.18. The lowest BCUT2D eigenvalue weighted by Crippen LogP contribution is -2.13. The predicted octanol–water partition coefficient (Wildman–Crippen LogP) is 5.87. The van der Waals surface area contributed by atoms with Gasteiger partial charge in [0, 0.05) is 11.8 Å². The summed E-state index contributed by atoms with van der Waals surface area (Å²) in [6.07, 6.45) is 1.60. The first-order valence-corrected chi connectivity index (χ1v) is 9.86. The molecule has 154 valence electrons. The number of aryl methyl sites for hydroxylation is 1. The lowest BCUT2D eigenvalue weighted by atomic mass is 9.99. The Hall–Kier alpha value is -4.12. The van der Waals surface area contributed by atoms with Crippen LogP contribution in [0.3, 0.4) is 0 Å². The molecule has 0 aliphatic rings. The fraction of sp³-hybridized carbons (Fsp3) is 0.0769. The number of phenolic OH excluding ortho intramolecular Hbond substituents is 1. The number of rotatable bonds is 5. The highest BCUT2D eigenvalue weighted by Crippen LogP contribution is 2.32. The van der Waals surface area contributed by atoms with Crippen molar-refractivity contribution in [3.63, 3.8) is 0 Å². The van der Waals surface area contributed by atoms with Gasteiger partial charge in [-0.25, -0.2) is 0 Å². The molecule has 0 heterocycles. The van der Waals surface area contributed by atoms with Crippen LogP contribution >= 0.6 is 0 Å². The van der Waals surface area contributed by atoms with E-state index in [1.54, 1.807) is 30.5 Å². The number of carbonyl (C=O) groups excluding carboxylic acids is 1. The third kappa shape index (κ3) is 4.26. The highest BCUT2D eigenvalue weighted by molar-refractivity contribution is 6.13. The van der Waals surface area contributed by atoms with Gasteiger partial charge in [0.25, 0.3) is 5.91 Å². The third-order valence-corrected chi connectivity index (χ3v) is 5.04. The minimum Gasteiger partial charge on any atom is -0.506 e. The smallest absolute Gasteiger partial charge is 0.259 e. The van der Waals surface area contributed by atoms with E-state index in [4.69, 9.17) is 4.74 Å². The first-order chi connectivity index (χ1) is 15.1. The summed E-state index contributed by atoms with van der Waals surface area (Å²) in [5.41, 5.74) is 3.08. The zero-order valence-corrected chi connectivity index (χ0v) is 17.3. The number of ether oxygens (including phenoxy) is 1. The third-order valence-electron chi connectivity index (χ3n) is 5.04. The molecule has 5 heteroatoms. The molecule has 0 aliphatic carbocycles. The molecular weight excluding hydrogens is 388 g/mol. The number of methoxy groups -OCH3 is 1. The van der Waals surface area contributed by atoms with Gasteiger partial charge >= 0.3 is 0 Å². The van der Waals surface area contributed by atoms with Crippen LogP contribution in [-0.2, 0) is 0 Å². The lowest BCUT2D eigenvalue weighted by Gasteiger charge is -2.13. The van der Waals surface area contributed by atoms with E-state index >= 15 is 0 Å². The number of benzene rings is 4. The summed E-state index contributed by atoms with van der Waals surface area (Å²) in [5.74, 6) is -0.0167. The minimum absolute atomic E-state index is 0.123. The largest absolute Gasteiger partial charge is 0.506 e. The van der Waals surface area contributed by atoms with E-state index in [2.05, 4.69) is 10.3 Å². The number of amides is 1. The Morgan fingerprint density at radius 3 is 2.48 bits per heavy atom.